The quantitative estimate of drug-likeness (QED) is 0.395. The Morgan fingerprint density at radius 3 is 1.40 bits per heavy atom. The summed E-state index contributed by atoms with van der Waals surface area (Å²) in [6.45, 7) is 2.02. The van der Waals surface area contributed by atoms with Crippen LogP contribution in [0.15, 0.2) is 0 Å². The minimum atomic E-state index is 0. The van der Waals surface area contributed by atoms with Crippen molar-refractivity contribution in [2.45, 2.75) is 32.6 Å². The van der Waals surface area contributed by atoms with Crippen molar-refractivity contribution >= 4 is 12.6 Å². The summed E-state index contributed by atoms with van der Waals surface area (Å²) >= 11 is 0. The molecule has 0 aliphatic carbocycles. The fourth-order valence-electron chi connectivity index (χ4n) is 0.755. The van der Waals surface area contributed by atoms with Crippen LogP contribution in [-0.4, -0.2) is 12.6 Å². The van der Waals surface area contributed by atoms with E-state index in [1.54, 1.807) is 0 Å². The Bertz CT molecular complexity index is 98.8. The molecule has 0 aromatic rings. The molecule has 0 rings (SSSR count). The summed E-state index contributed by atoms with van der Waals surface area (Å²) in [4.78, 5) is 19.6. The van der Waals surface area contributed by atoms with Crippen LogP contribution in [0.25, 0.3) is 0 Å². The van der Waals surface area contributed by atoms with Crippen molar-refractivity contribution in [2.75, 3.05) is 0 Å². The molecule has 90 valence electrons. The van der Waals surface area contributed by atoms with Crippen molar-refractivity contribution in [3.05, 3.63) is 14.9 Å². The number of hydrogen-bond donors (Lipinski definition) is 0. The molecule has 0 saturated carbocycles. The Kier molecular flexibility index (Phi) is 70.8. The van der Waals surface area contributed by atoms with Gasteiger partial charge >= 0.3 is 21.1 Å². The molecular weight excluding hydrogens is 704 g/mol. The van der Waals surface area contributed by atoms with Crippen LogP contribution < -0.4 is 0 Å². The maximum atomic E-state index is 9.78. The van der Waals surface area contributed by atoms with Crippen molar-refractivity contribution in [3.63, 3.8) is 0 Å². The summed E-state index contributed by atoms with van der Waals surface area (Å²) in [5.41, 5.74) is 0. The van der Waals surface area contributed by atoms with Gasteiger partial charge in [0.2, 0.25) is 0 Å². The second kappa shape index (κ2) is 29.5. The maximum Gasteiger partial charge on any atom is 2.00 e. The number of hydrogen-bond acceptors (Lipinski definition) is 2. The van der Waals surface area contributed by atoms with E-state index in [2.05, 4.69) is 0 Å². The van der Waals surface area contributed by atoms with Crippen molar-refractivity contribution in [3.8, 4) is 0 Å². The van der Waals surface area contributed by atoms with Crippen LogP contribution in [-0.2, 0) is 72.8 Å². The predicted octanol–water partition coefficient (Wildman–Crippen LogP) is 2.30. The molecule has 0 N–H and O–H groups in total. The topological polar surface area (TPSA) is 34.1 Å². The molecule has 15 heavy (non-hydrogen) atoms. The normalized spacial score (nSPS) is 6.53. The van der Waals surface area contributed by atoms with E-state index >= 15 is 0 Å². The Hall–Kier alpha value is 1.40. The largest absolute Gasteiger partial charge is 2.00 e. The molecule has 0 heterocycles. The van der Waals surface area contributed by atoms with Gasteiger partial charge in [-0.25, -0.2) is 0 Å². The average Bonchev–Trinajstić information content (AvgIpc) is 1.97. The molecule has 0 aliphatic rings. The van der Waals surface area contributed by atoms with Crippen LogP contribution in [0.2, 0.25) is 0 Å². The molecule has 0 fully saturated rings. The maximum absolute atomic E-state index is 9.78. The Labute approximate surface area is 138 Å². The molecule has 0 saturated heterocycles. The van der Waals surface area contributed by atoms with Crippen molar-refractivity contribution < 1.29 is 72.8 Å². The van der Waals surface area contributed by atoms with E-state index in [0.29, 0.717) is 18.8 Å². The zero-order chi connectivity index (χ0) is 7.82. The Morgan fingerprint density at radius 2 is 1.20 bits per heavy atom. The second-order valence-electron chi connectivity index (χ2n) is 2.47. The molecule has 0 aromatic heterocycles. The summed E-state index contributed by atoms with van der Waals surface area (Å²) < 4.78 is 0. The van der Waals surface area contributed by atoms with Gasteiger partial charge in [0.1, 0.15) is 0 Å². The van der Waals surface area contributed by atoms with Gasteiger partial charge in [-0.1, -0.05) is 19.8 Å². The first-order valence-corrected chi connectivity index (χ1v) is 3.51. The van der Waals surface area contributed by atoms with Gasteiger partial charge in [-0.3, -0.25) is 12.6 Å². The summed E-state index contributed by atoms with van der Waals surface area (Å²) in [6, 6.07) is 0. The van der Waals surface area contributed by atoms with Crippen LogP contribution in [0.1, 0.15) is 32.6 Å². The summed E-state index contributed by atoms with van der Waals surface area (Å²) in [5, 5.41) is 0. The van der Waals surface area contributed by atoms with Gasteiger partial charge in [0.25, 0.3) is 0 Å². The molecule has 0 atom stereocenters. The third-order valence-electron chi connectivity index (χ3n) is 1.48. The smallest absolute Gasteiger partial charge is 0.542 e. The van der Waals surface area contributed by atoms with Crippen molar-refractivity contribution in [1.29, 1.82) is 0 Å². The first-order valence-electron chi connectivity index (χ1n) is 3.51. The Balaban J connectivity index is -0.0000000405. The summed E-state index contributed by atoms with van der Waals surface area (Å²) in [7, 11) is 0. The fourth-order valence-corrected chi connectivity index (χ4v) is 0.755. The molecule has 5 heteroatoms. The predicted molar refractivity (Wildman–Crippen MR) is 51.8 cm³/mol. The minimum Gasteiger partial charge on any atom is -0.542 e. The van der Waals surface area contributed by atoms with Gasteiger partial charge in [-0.2, -0.15) is 12.8 Å². The molecule has 0 bridgehead atoms. The van der Waals surface area contributed by atoms with Crippen LogP contribution in [0.4, 0.5) is 0 Å². The van der Waals surface area contributed by atoms with E-state index in [9.17, 15) is 9.59 Å². The standard InChI is InChI=1S/C8H12O2.2CH3.3W/c1-8(4-2-6-9)5-3-7-10;;;;;/h8H,2-5H2,1H3;2*1H3;;;/q-2;2*-1;;;+2. The van der Waals surface area contributed by atoms with Crippen LogP contribution in [0, 0.1) is 20.8 Å². The number of carbonyl (C=O) groups excluding carboxylic acids is 2. The van der Waals surface area contributed by atoms with Crippen molar-refractivity contribution in [1.82, 2.24) is 0 Å². The van der Waals surface area contributed by atoms with Gasteiger partial charge in [0.15, 0.2) is 0 Å². The third kappa shape index (κ3) is 31.3. The zero-order valence-electron chi connectivity index (χ0n) is 9.45. The molecule has 2 nitrogen and oxygen atoms in total. The molecule has 0 spiro atoms. The van der Waals surface area contributed by atoms with Crippen LogP contribution >= 0.6 is 0 Å². The van der Waals surface area contributed by atoms with Gasteiger partial charge < -0.3 is 24.4 Å². The molecular formula is C10H18O2W3-2. The third-order valence-corrected chi connectivity index (χ3v) is 1.48. The minimum absolute atomic E-state index is 0. The monoisotopic (exact) mass is 722 g/mol. The molecule has 0 aliphatic heterocycles. The summed E-state index contributed by atoms with van der Waals surface area (Å²) in [5.74, 6) is 0.447. The SMILES string of the molecule is CC(CC[C-]=O)CC[C-]=O.[CH3-].[CH3-].[W+2].[W].[W]. The van der Waals surface area contributed by atoms with E-state index < -0.39 is 0 Å². The first-order chi connectivity index (χ1) is 4.81. The van der Waals surface area contributed by atoms with E-state index in [-0.39, 0.29) is 78.0 Å². The number of rotatable bonds is 6. The fraction of sp³-hybridized carbons (Fsp3) is 0.600. The average molecular weight is 722 g/mol. The first kappa shape index (κ1) is 36.0. The summed E-state index contributed by atoms with van der Waals surface area (Å²) in [6.07, 6.45) is 6.30. The molecule has 0 aromatic carbocycles. The van der Waals surface area contributed by atoms with Gasteiger partial charge in [0.05, 0.1) is 0 Å². The van der Waals surface area contributed by atoms with Crippen LogP contribution in [0.3, 0.4) is 0 Å². The molecule has 0 unspecified atom stereocenters. The second-order valence-corrected chi connectivity index (χ2v) is 2.47. The molecule has 0 amide bonds. The van der Waals surface area contributed by atoms with Crippen molar-refractivity contribution in [2.24, 2.45) is 5.92 Å². The van der Waals surface area contributed by atoms with E-state index in [0.717, 1.165) is 12.8 Å². The zero-order valence-corrected chi connectivity index (χ0v) is 18.2. The van der Waals surface area contributed by atoms with Gasteiger partial charge in [0, 0.05) is 42.1 Å². The van der Waals surface area contributed by atoms with E-state index in [1.165, 1.54) is 0 Å². The van der Waals surface area contributed by atoms with E-state index in [1.807, 2.05) is 19.5 Å². The Morgan fingerprint density at radius 1 is 0.933 bits per heavy atom. The molecule has 0 radical (unpaired) electrons. The van der Waals surface area contributed by atoms with E-state index in [4.69, 9.17) is 0 Å². The van der Waals surface area contributed by atoms with Gasteiger partial charge in [-0.15, -0.1) is 0 Å². The van der Waals surface area contributed by atoms with Crippen LogP contribution in [0.5, 0.6) is 0 Å². The van der Waals surface area contributed by atoms with Gasteiger partial charge in [-0.05, 0) is 5.92 Å².